The number of aliphatic hydroxyl groups excluding tert-OH is 1. The number of anilines is 1. The second-order valence-electron chi connectivity index (χ2n) is 5.37. The molecule has 2 atom stereocenters. The van der Waals surface area contributed by atoms with Crippen LogP contribution in [-0.4, -0.2) is 22.2 Å². The maximum absolute atomic E-state index is 10.7. The van der Waals surface area contributed by atoms with Crippen LogP contribution in [0.2, 0.25) is 0 Å². The van der Waals surface area contributed by atoms with Crippen molar-refractivity contribution < 1.29 is 9.84 Å². The summed E-state index contributed by atoms with van der Waals surface area (Å²) >= 11 is 13.1. The van der Waals surface area contributed by atoms with Gasteiger partial charge in [0.05, 0.1) is 5.69 Å². The molecule has 2 aromatic carbocycles. The van der Waals surface area contributed by atoms with E-state index in [1.807, 2.05) is 47.4 Å². The molecule has 23 heavy (non-hydrogen) atoms. The number of alkyl halides is 2. The van der Waals surface area contributed by atoms with Gasteiger partial charge in [-0.15, -0.1) is 6.58 Å². The summed E-state index contributed by atoms with van der Waals surface area (Å²) in [6.07, 6.45) is -0.0767. The van der Waals surface area contributed by atoms with Crippen LogP contribution in [-0.2, 0) is 0 Å². The average molecular weight is 350 g/mol. The van der Waals surface area contributed by atoms with Crippen molar-refractivity contribution in [1.82, 2.24) is 0 Å². The Morgan fingerprint density at radius 3 is 2.52 bits per heavy atom. The number of benzene rings is 2. The number of hydrogen-bond donors (Lipinski definition) is 1. The highest BCUT2D eigenvalue weighted by Crippen LogP contribution is 2.48. The molecule has 2 aromatic rings. The van der Waals surface area contributed by atoms with E-state index in [0.717, 1.165) is 5.69 Å². The SMILES string of the molecule is C=CCN1c2ccccc2OC1C(Cl)(Cl)C(O)c1ccccc1. The lowest BCUT2D eigenvalue weighted by molar-refractivity contribution is 0.0908. The molecule has 120 valence electrons. The van der Waals surface area contributed by atoms with Crippen molar-refractivity contribution in [3.63, 3.8) is 0 Å². The van der Waals surface area contributed by atoms with E-state index in [1.165, 1.54) is 0 Å². The zero-order chi connectivity index (χ0) is 16.4. The van der Waals surface area contributed by atoms with Gasteiger partial charge in [0.2, 0.25) is 10.6 Å². The molecule has 0 radical (unpaired) electrons. The number of para-hydroxylation sites is 2. The smallest absolute Gasteiger partial charge is 0.209 e. The summed E-state index contributed by atoms with van der Waals surface area (Å²) in [5, 5.41) is 10.7. The lowest BCUT2D eigenvalue weighted by Crippen LogP contribution is -2.50. The van der Waals surface area contributed by atoms with Crippen LogP contribution in [0.3, 0.4) is 0 Å². The lowest BCUT2D eigenvalue weighted by atomic mass is 10.0. The summed E-state index contributed by atoms with van der Waals surface area (Å²) < 4.78 is 4.38. The van der Waals surface area contributed by atoms with Crippen molar-refractivity contribution in [2.75, 3.05) is 11.4 Å². The number of nitrogens with zero attached hydrogens (tertiary/aromatic N) is 1. The van der Waals surface area contributed by atoms with Gasteiger partial charge in [0.15, 0.2) is 0 Å². The molecule has 0 aliphatic carbocycles. The van der Waals surface area contributed by atoms with E-state index in [1.54, 1.807) is 18.2 Å². The fraction of sp³-hybridized carbons (Fsp3) is 0.222. The van der Waals surface area contributed by atoms with Crippen molar-refractivity contribution in [1.29, 1.82) is 0 Å². The van der Waals surface area contributed by atoms with Gasteiger partial charge in [-0.25, -0.2) is 0 Å². The topological polar surface area (TPSA) is 32.7 Å². The normalized spacial score (nSPS) is 18.2. The van der Waals surface area contributed by atoms with E-state index in [-0.39, 0.29) is 0 Å². The number of ether oxygens (including phenoxy) is 1. The second kappa shape index (κ2) is 6.44. The minimum Gasteiger partial charge on any atom is -0.465 e. The van der Waals surface area contributed by atoms with Crippen molar-refractivity contribution in [2.24, 2.45) is 0 Å². The Hall–Kier alpha value is -1.68. The second-order valence-corrected chi connectivity index (χ2v) is 6.81. The first-order chi connectivity index (χ1) is 11.1. The highest BCUT2D eigenvalue weighted by molar-refractivity contribution is 6.49. The molecule has 0 fully saturated rings. The molecule has 1 aliphatic heterocycles. The van der Waals surface area contributed by atoms with Crippen LogP contribution >= 0.6 is 23.2 Å². The molecular formula is C18H17Cl2NO2. The van der Waals surface area contributed by atoms with E-state index in [9.17, 15) is 5.11 Å². The molecule has 0 aromatic heterocycles. The fourth-order valence-electron chi connectivity index (χ4n) is 2.72. The van der Waals surface area contributed by atoms with Crippen LogP contribution in [0.4, 0.5) is 5.69 Å². The summed E-state index contributed by atoms with van der Waals surface area (Å²) in [6.45, 7) is 4.28. The van der Waals surface area contributed by atoms with Gasteiger partial charge in [0, 0.05) is 6.54 Å². The first kappa shape index (κ1) is 16.2. The van der Waals surface area contributed by atoms with Gasteiger partial charge in [-0.1, -0.05) is 71.7 Å². The van der Waals surface area contributed by atoms with Gasteiger partial charge in [-0.05, 0) is 17.7 Å². The van der Waals surface area contributed by atoms with Gasteiger partial charge < -0.3 is 14.7 Å². The molecule has 2 unspecified atom stereocenters. The minimum atomic E-state index is -1.55. The summed E-state index contributed by atoms with van der Waals surface area (Å²) in [4.78, 5) is 1.90. The van der Waals surface area contributed by atoms with Crippen LogP contribution in [0.15, 0.2) is 67.3 Å². The van der Waals surface area contributed by atoms with E-state index >= 15 is 0 Å². The molecule has 0 saturated heterocycles. The van der Waals surface area contributed by atoms with E-state index in [2.05, 4.69) is 6.58 Å². The molecule has 0 saturated carbocycles. The van der Waals surface area contributed by atoms with Crippen LogP contribution in [0.5, 0.6) is 5.75 Å². The summed E-state index contributed by atoms with van der Waals surface area (Å²) in [6, 6.07) is 16.7. The van der Waals surface area contributed by atoms with Crippen LogP contribution in [0, 0.1) is 0 Å². The Labute approximate surface area is 145 Å². The molecule has 5 heteroatoms. The Morgan fingerprint density at radius 1 is 1.17 bits per heavy atom. The number of halogens is 2. The Morgan fingerprint density at radius 2 is 1.83 bits per heavy atom. The van der Waals surface area contributed by atoms with Gasteiger partial charge in [-0.2, -0.15) is 0 Å². The summed E-state index contributed by atoms with van der Waals surface area (Å²) in [5.74, 6) is 0.685. The molecule has 0 amide bonds. The minimum absolute atomic E-state index is 0.504. The maximum Gasteiger partial charge on any atom is 0.209 e. The Bertz CT molecular complexity index is 690. The van der Waals surface area contributed by atoms with Crippen LogP contribution in [0.1, 0.15) is 11.7 Å². The molecule has 0 bridgehead atoms. The Balaban J connectivity index is 1.94. The summed E-state index contributed by atoms with van der Waals surface area (Å²) in [5.41, 5.74) is 1.51. The van der Waals surface area contributed by atoms with E-state index in [0.29, 0.717) is 17.9 Å². The highest BCUT2D eigenvalue weighted by Gasteiger charge is 2.50. The molecule has 1 N–H and O–H groups in total. The maximum atomic E-state index is 10.7. The number of aliphatic hydroxyl groups is 1. The largest absolute Gasteiger partial charge is 0.465 e. The van der Waals surface area contributed by atoms with Crippen LogP contribution < -0.4 is 9.64 Å². The van der Waals surface area contributed by atoms with Gasteiger partial charge in [-0.3, -0.25) is 0 Å². The van der Waals surface area contributed by atoms with Crippen molar-refractivity contribution in [2.45, 2.75) is 16.7 Å². The molecule has 1 heterocycles. The molecule has 1 aliphatic rings. The first-order valence-corrected chi connectivity index (χ1v) is 8.05. The monoisotopic (exact) mass is 349 g/mol. The van der Waals surface area contributed by atoms with Gasteiger partial charge >= 0.3 is 0 Å². The number of rotatable bonds is 5. The summed E-state index contributed by atoms with van der Waals surface area (Å²) in [7, 11) is 0. The standard InChI is InChI=1S/C18H17Cl2NO2/c1-2-12-21-14-10-6-7-11-15(14)23-17(21)18(19,20)16(22)13-8-4-3-5-9-13/h2-11,16-17,22H,1,12H2. The fourth-order valence-corrected chi connectivity index (χ4v) is 3.29. The predicted octanol–water partition coefficient (Wildman–Crippen LogP) is 4.31. The lowest BCUT2D eigenvalue weighted by Gasteiger charge is -2.36. The molecule has 0 spiro atoms. The van der Waals surface area contributed by atoms with Crippen molar-refractivity contribution >= 4 is 28.9 Å². The van der Waals surface area contributed by atoms with Crippen molar-refractivity contribution in [3.8, 4) is 5.75 Å². The third kappa shape index (κ3) is 2.92. The third-order valence-corrected chi connectivity index (χ3v) is 4.62. The third-order valence-electron chi connectivity index (χ3n) is 3.83. The molecule has 3 rings (SSSR count). The van der Waals surface area contributed by atoms with Gasteiger partial charge in [0.25, 0.3) is 0 Å². The predicted molar refractivity (Wildman–Crippen MR) is 94.2 cm³/mol. The van der Waals surface area contributed by atoms with Gasteiger partial charge in [0.1, 0.15) is 11.9 Å². The zero-order valence-corrected chi connectivity index (χ0v) is 13.9. The zero-order valence-electron chi connectivity index (χ0n) is 12.4. The highest BCUT2D eigenvalue weighted by atomic mass is 35.5. The van der Waals surface area contributed by atoms with E-state index < -0.39 is 16.7 Å². The first-order valence-electron chi connectivity index (χ1n) is 7.29. The van der Waals surface area contributed by atoms with Crippen molar-refractivity contribution in [3.05, 3.63) is 72.8 Å². The average Bonchev–Trinajstić information content (AvgIpc) is 2.95. The number of fused-ring (bicyclic) bond motifs is 1. The molecular weight excluding hydrogens is 333 g/mol. The van der Waals surface area contributed by atoms with E-state index in [4.69, 9.17) is 27.9 Å². The quantitative estimate of drug-likeness (QED) is 0.645. The molecule has 3 nitrogen and oxygen atoms in total. The Kier molecular flexibility index (Phi) is 4.53. The number of hydrogen-bond acceptors (Lipinski definition) is 3. The van der Waals surface area contributed by atoms with Crippen LogP contribution in [0.25, 0.3) is 0 Å².